The molecule has 0 unspecified atom stereocenters. The summed E-state index contributed by atoms with van der Waals surface area (Å²) in [5.41, 5.74) is 4.29. The van der Waals surface area contributed by atoms with E-state index >= 15 is 0 Å². The van der Waals surface area contributed by atoms with Gasteiger partial charge in [0.2, 0.25) is 6.79 Å². The minimum absolute atomic E-state index is 0.282. The second kappa shape index (κ2) is 6.51. The van der Waals surface area contributed by atoms with Crippen molar-refractivity contribution in [2.75, 3.05) is 27.6 Å². The van der Waals surface area contributed by atoms with Crippen molar-refractivity contribution in [3.63, 3.8) is 0 Å². The van der Waals surface area contributed by atoms with Gasteiger partial charge in [0.1, 0.15) is 0 Å². The first-order valence-electron chi connectivity index (χ1n) is 8.16. The van der Waals surface area contributed by atoms with E-state index in [1.165, 1.54) is 5.56 Å². The molecule has 0 bridgehead atoms. The quantitative estimate of drug-likeness (QED) is 0.857. The molecule has 25 heavy (non-hydrogen) atoms. The Morgan fingerprint density at radius 1 is 0.960 bits per heavy atom. The predicted molar refractivity (Wildman–Crippen MR) is 96.3 cm³/mol. The van der Waals surface area contributed by atoms with Gasteiger partial charge in [-0.25, -0.2) is 0 Å². The Kier molecular flexibility index (Phi) is 4.06. The largest absolute Gasteiger partial charge is 0.493 e. The van der Waals surface area contributed by atoms with E-state index in [1.807, 2.05) is 42.5 Å². The van der Waals surface area contributed by atoms with E-state index in [-0.39, 0.29) is 6.79 Å². The fourth-order valence-electron chi connectivity index (χ4n) is 3.08. The van der Waals surface area contributed by atoms with Gasteiger partial charge in [-0.3, -0.25) is 4.99 Å². The van der Waals surface area contributed by atoms with Crippen LogP contribution in [0.25, 0.3) is 6.08 Å². The zero-order valence-corrected chi connectivity index (χ0v) is 14.2. The molecular formula is C20H19NO4. The molecular weight excluding hydrogens is 318 g/mol. The van der Waals surface area contributed by atoms with Gasteiger partial charge in [-0.1, -0.05) is 12.1 Å². The normalized spacial score (nSPS) is 15.0. The summed E-state index contributed by atoms with van der Waals surface area (Å²) in [5, 5.41) is 0. The number of rotatable bonds is 4. The van der Waals surface area contributed by atoms with Gasteiger partial charge in [0.25, 0.3) is 0 Å². The Hall–Kier alpha value is -2.95. The molecule has 2 heterocycles. The van der Waals surface area contributed by atoms with Gasteiger partial charge in [0, 0.05) is 12.1 Å². The third kappa shape index (κ3) is 2.93. The smallest absolute Gasteiger partial charge is 0.231 e. The number of methoxy groups -OCH3 is 2. The van der Waals surface area contributed by atoms with Crippen molar-refractivity contribution >= 4 is 11.8 Å². The average molecular weight is 337 g/mol. The number of allylic oxidation sites excluding steroid dienone is 1. The number of nitrogens with zero attached hydrogens (tertiary/aromatic N) is 1. The Morgan fingerprint density at radius 2 is 1.76 bits per heavy atom. The van der Waals surface area contributed by atoms with Crippen LogP contribution in [-0.2, 0) is 6.42 Å². The molecule has 2 aliphatic heterocycles. The molecule has 4 rings (SSSR count). The number of hydrogen-bond donors (Lipinski definition) is 0. The van der Waals surface area contributed by atoms with Crippen LogP contribution >= 0.6 is 0 Å². The Morgan fingerprint density at radius 3 is 2.60 bits per heavy atom. The van der Waals surface area contributed by atoms with Crippen molar-refractivity contribution in [1.82, 2.24) is 0 Å². The molecule has 0 fully saturated rings. The number of aliphatic imine (C=N–C) groups is 1. The highest BCUT2D eigenvalue weighted by Gasteiger charge is 2.17. The molecule has 0 spiro atoms. The summed E-state index contributed by atoms with van der Waals surface area (Å²) >= 11 is 0. The molecule has 2 aliphatic rings. The summed E-state index contributed by atoms with van der Waals surface area (Å²) in [6.45, 7) is 1.05. The zero-order chi connectivity index (χ0) is 17.2. The topological polar surface area (TPSA) is 49.3 Å². The van der Waals surface area contributed by atoms with Crippen molar-refractivity contribution in [3.8, 4) is 23.0 Å². The highest BCUT2D eigenvalue weighted by Crippen LogP contribution is 2.34. The number of fused-ring (bicyclic) bond motifs is 2. The van der Waals surface area contributed by atoms with Crippen molar-refractivity contribution in [2.24, 2.45) is 4.99 Å². The highest BCUT2D eigenvalue weighted by molar-refractivity contribution is 6.12. The predicted octanol–water partition coefficient (Wildman–Crippen LogP) is 3.49. The molecule has 0 amide bonds. The SMILES string of the molecule is COc1cc2c(cc1OC)C(/C=C/c1ccc3c(c1)OCO3)=NCC2. The third-order valence-corrected chi connectivity index (χ3v) is 4.38. The van der Waals surface area contributed by atoms with Crippen molar-refractivity contribution in [1.29, 1.82) is 0 Å². The number of ether oxygens (including phenoxy) is 4. The van der Waals surface area contributed by atoms with Gasteiger partial charge in [-0.15, -0.1) is 0 Å². The summed E-state index contributed by atoms with van der Waals surface area (Å²) in [5.74, 6) is 3.03. The molecule has 128 valence electrons. The van der Waals surface area contributed by atoms with Crippen LogP contribution in [0.1, 0.15) is 16.7 Å². The molecule has 5 nitrogen and oxygen atoms in total. The van der Waals surface area contributed by atoms with Crippen LogP contribution in [0.4, 0.5) is 0 Å². The fourth-order valence-corrected chi connectivity index (χ4v) is 3.08. The van der Waals surface area contributed by atoms with E-state index < -0.39 is 0 Å². The standard InChI is InChI=1S/C20H19NO4/c1-22-18-10-14-7-8-21-16(15(14)11-19(18)23-2)5-3-13-4-6-17-20(9-13)25-12-24-17/h3-6,9-11H,7-8,12H2,1-2H3/b5-3+. The van der Waals surface area contributed by atoms with Crippen LogP contribution in [0.15, 0.2) is 41.4 Å². The molecule has 0 atom stereocenters. The van der Waals surface area contributed by atoms with Crippen LogP contribution in [0.2, 0.25) is 0 Å². The van der Waals surface area contributed by atoms with E-state index in [9.17, 15) is 0 Å². The monoisotopic (exact) mass is 337 g/mol. The maximum atomic E-state index is 5.43. The first-order chi connectivity index (χ1) is 12.3. The summed E-state index contributed by atoms with van der Waals surface area (Å²) in [4.78, 5) is 4.67. The Bertz CT molecular complexity index is 870. The van der Waals surface area contributed by atoms with Gasteiger partial charge in [-0.2, -0.15) is 0 Å². The summed E-state index contributed by atoms with van der Waals surface area (Å²) in [6.07, 6.45) is 4.96. The van der Waals surface area contributed by atoms with E-state index in [2.05, 4.69) is 4.99 Å². The maximum absolute atomic E-state index is 5.43. The molecule has 0 saturated carbocycles. The summed E-state index contributed by atoms with van der Waals surface area (Å²) in [7, 11) is 3.30. The number of benzene rings is 2. The molecule has 0 radical (unpaired) electrons. The molecule has 0 N–H and O–H groups in total. The van der Waals surface area contributed by atoms with Crippen LogP contribution in [0.5, 0.6) is 23.0 Å². The van der Waals surface area contributed by atoms with Crippen LogP contribution in [0, 0.1) is 0 Å². The van der Waals surface area contributed by atoms with Gasteiger partial charge in [-0.05, 0) is 47.9 Å². The lowest BCUT2D eigenvalue weighted by Crippen LogP contribution is -2.11. The average Bonchev–Trinajstić information content (AvgIpc) is 3.12. The summed E-state index contributed by atoms with van der Waals surface area (Å²) in [6, 6.07) is 9.93. The molecule has 5 heteroatoms. The zero-order valence-electron chi connectivity index (χ0n) is 14.2. The Labute approximate surface area is 146 Å². The molecule has 0 aromatic heterocycles. The van der Waals surface area contributed by atoms with Gasteiger partial charge in [0.15, 0.2) is 23.0 Å². The van der Waals surface area contributed by atoms with Crippen LogP contribution in [-0.4, -0.2) is 33.3 Å². The lowest BCUT2D eigenvalue weighted by molar-refractivity contribution is 0.174. The lowest BCUT2D eigenvalue weighted by Gasteiger charge is -2.18. The van der Waals surface area contributed by atoms with Gasteiger partial charge in [0.05, 0.1) is 19.9 Å². The molecule has 0 saturated heterocycles. The highest BCUT2D eigenvalue weighted by atomic mass is 16.7. The molecule has 0 aliphatic carbocycles. The minimum atomic E-state index is 0.282. The fraction of sp³-hybridized carbons (Fsp3) is 0.250. The van der Waals surface area contributed by atoms with Crippen LogP contribution in [0.3, 0.4) is 0 Å². The van der Waals surface area contributed by atoms with Gasteiger partial charge < -0.3 is 18.9 Å². The first-order valence-corrected chi connectivity index (χ1v) is 8.16. The Balaban J connectivity index is 1.65. The second-order valence-corrected chi connectivity index (χ2v) is 5.83. The van der Waals surface area contributed by atoms with E-state index in [0.29, 0.717) is 5.75 Å². The van der Waals surface area contributed by atoms with Crippen molar-refractivity contribution in [3.05, 3.63) is 53.1 Å². The molecule has 2 aromatic carbocycles. The number of hydrogen-bond acceptors (Lipinski definition) is 5. The van der Waals surface area contributed by atoms with E-state index in [1.54, 1.807) is 14.2 Å². The second-order valence-electron chi connectivity index (χ2n) is 5.83. The minimum Gasteiger partial charge on any atom is -0.493 e. The van der Waals surface area contributed by atoms with Gasteiger partial charge >= 0.3 is 0 Å². The summed E-state index contributed by atoms with van der Waals surface area (Å²) < 4.78 is 21.6. The van der Waals surface area contributed by atoms with Crippen LogP contribution < -0.4 is 18.9 Å². The van der Waals surface area contributed by atoms with E-state index in [4.69, 9.17) is 18.9 Å². The van der Waals surface area contributed by atoms with Crippen molar-refractivity contribution in [2.45, 2.75) is 6.42 Å². The lowest BCUT2D eigenvalue weighted by atomic mass is 9.96. The first kappa shape index (κ1) is 15.6. The maximum Gasteiger partial charge on any atom is 0.231 e. The third-order valence-electron chi connectivity index (χ3n) is 4.38. The molecule has 2 aromatic rings. The van der Waals surface area contributed by atoms with Crippen molar-refractivity contribution < 1.29 is 18.9 Å². The van der Waals surface area contributed by atoms with E-state index in [0.717, 1.165) is 47.1 Å².